The molecule has 1 N–H and O–H groups in total. The van der Waals surface area contributed by atoms with E-state index in [1.807, 2.05) is 0 Å². The number of rotatable bonds is 0. The largest absolute Gasteiger partial charge is 0.416 e. The lowest BCUT2D eigenvalue weighted by Crippen LogP contribution is -2.27. The second kappa shape index (κ2) is 3.69. The molecule has 16 heavy (non-hydrogen) atoms. The van der Waals surface area contributed by atoms with Crippen molar-refractivity contribution in [2.24, 2.45) is 0 Å². The van der Waals surface area contributed by atoms with Gasteiger partial charge in [0, 0.05) is 10.6 Å². The molecule has 1 atom stereocenters. The van der Waals surface area contributed by atoms with Gasteiger partial charge in [-0.3, -0.25) is 4.79 Å². The summed E-state index contributed by atoms with van der Waals surface area (Å²) in [7, 11) is 0. The molecule has 1 aromatic rings. The Balaban J connectivity index is 2.40. The maximum Gasteiger partial charge on any atom is 0.416 e. The molecule has 1 unspecified atom stereocenters. The summed E-state index contributed by atoms with van der Waals surface area (Å²) in [5.74, 6) is 0. The zero-order chi connectivity index (χ0) is 11.9. The van der Waals surface area contributed by atoms with Crippen LogP contribution in [0.3, 0.4) is 0 Å². The van der Waals surface area contributed by atoms with Gasteiger partial charge in [0.1, 0.15) is 0 Å². The molecule has 1 aliphatic heterocycles. The maximum absolute atomic E-state index is 12.4. The number of anilines is 1. The highest BCUT2D eigenvalue weighted by molar-refractivity contribution is 8.14. The monoisotopic (exact) mass is 247 g/mol. The molecule has 0 saturated carbocycles. The van der Waals surface area contributed by atoms with Crippen LogP contribution in [-0.2, 0) is 11.0 Å². The molecule has 1 heterocycles. The molecule has 2 rings (SSSR count). The van der Waals surface area contributed by atoms with Crippen molar-refractivity contribution in [1.29, 1.82) is 0 Å². The maximum atomic E-state index is 12.4. The van der Waals surface area contributed by atoms with Gasteiger partial charge in [0.05, 0.1) is 11.6 Å². The van der Waals surface area contributed by atoms with Crippen LogP contribution >= 0.6 is 11.8 Å². The fourth-order valence-electron chi connectivity index (χ4n) is 1.40. The van der Waals surface area contributed by atoms with Gasteiger partial charge < -0.3 is 5.32 Å². The van der Waals surface area contributed by atoms with E-state index in [1.165, 1.54) is 6.07 Å². The fourth-order valence-corrected chi connectivity index (χ4v) is 2.21. The Hall–Kier alpha value is -1.17. The Bertz CT molecular complexity index is 444. The van der Waals surface area contributed by atoms with E-state index in [-0.39, 0.29) is 5.12 Å². The minimum absolute atomic E-state index is 0.0905. The number of hydrogen-bond acceptors (Lipinski definition) is 3. The van der Waals surface area contributed by atoms with Crippen LogP contribution in [0.15, 0.2) is 23.1 Å². The highest BCUT2D eigenvalue weighted by atomic mass is 32.2. The Labute approximate surface area is 94.2 Å². The van der Waals surface area contributed by atoms with Crippen LogP contribution in [0.2, 0.25) is 0 Å². The molecule has 86 valence electrons. The third-order valence-electron chi connectivity index (χ3n) is 2.24. The Morgan fingerprint density at radius 1 is 1.38 bits per heavy atom. The van der Waals surface area contributed by atoms with E-state index in [2.05, 4.69) is 5.32 Å². The summed E-state index contributed by atoms with van der Waals surface area (Å²) in [4.78, 5) is 11.9. The van der Waals surface area contributed by atoms with E-state index in [0.29, 0.717) is 10.6 Å². The van der Waals surface area contributed by atoms with Crippen molar-refractivity contribution in [2.75, 3.05) is 5.32 Å². The molecule has 6 heteroatoms. The summed E-state index contributed by atoms with van der Waals surface area (Å²) in [6.45, 7) is 1.62. The number of carbonyl (C=O) groups is 1. The first kappa shape index (κ1) is 11.3. The van der Waals surface area contributed by atoms with Gasteiger partial charge in [0.15, 0.2) is 0 Å². The van der Waals surface area contributed by atoms with Gasteiger partial charge in [-0.25, -0.2) is 0 Å². The number of halogens is 3. The number of thioether (sulfide) groups is 1. The Kier molecular flexibility index (Phi) is 2.61. The van der Waals surface area contributed by atoms with Crippen LogP contribution in [0.1, 0.15) is 12.5 Å². The van der Waals surface area contributed by atoms with Crippen molar-refractivity contribution in [3.63, 3.8) is 0 Å². The smallest absolute Gasteiger partial charge is 0.374 e. The minimum atomic E-state index is -4.36. The molecule has 1 aromatic carbocycles. The van der Waals surface area contributed by atoms with Crippen LogP contribution in [0, 0.1) is 0 Å². The molecular formula is C10H8F3NOS. The summed E-state index contributed by atoms with van der Waals surface area (Å²) in [6, 6.07) is 2.88. The third kappa shape index (κ3) is 2.02. The average molecular weight is 247 g/mol. The van der Waals surface area contributed by atoms with Gasteiger partial charge in [-0.15, -0.1) is 0 Å². The number of hydrogen-bond donors (Lipinski definition) is 1. The first-order valence-electron chi connectivity index (χ1n) is 4.57. The van der Waals surface area contributed by atoms with Crippen molar-refractivity contribution in [1.82, 2.24) is 0 Å². The molecule has 0 radical (unpaired) electrons. The van der Waals surface area contributed by atoms with Gasteiger partial charge >= 0.3 is 6.18 Å². The zero-order valence-corrected chi connectivity index (χ0v) is 9.08. The lowest BCUT2D eigenvalue weighted by Gasteiger charge is -2.23. The molecule has 0 spiro atoms. The SMILES string of the molecule is CC1Nc2cc(C(F)(F)F)ccc2SC1=O. The molecule has 0 aromatic heterocycles. The highest BCUT2D eigenvalue weighted by Crippen LogP contribution is 2.38. The molecule has 0 fully saturated rings. The lowest BCUT2D eigenvalue weighted by atomic mass is 10.2. The molecule has 2 nitrogen and oxygen atoms in total. The van der Waals surface area contributed by atoms with Crippen molar-refractivity contribution >= 4 is 22.6 Å². The molecule has 1 aliphatic rings. The Morgan fingerprint density at radius 3 is 2.69 bits per heavy atom. The van der Waals surface area contributed by atoms with Crippen molar-refractivity contribution < 1.29 is 18.0 Å². The van der Waals surface area contributed by atoms with Gasteiger partial charge in [-0.05, 0) is 36.9 Å². The van der Waals surface area contributed by atoms with Gasteiger partial charge in [-0.2, -0.15) is 13.2 Å². The first-order chi connectivity index (χ1) is 7.38. The third-order valence-corrected chi connectivity index (χ3v) is 3.37. The summed E-state index contributed by atoms with van der Waals surface area (Å²) < 4.78 is 37.3. The van der Waals surface area contributed by atoms with E-state index >= 15 is 0 Å². The van der Waals surface area contributed by atoms with Crippen molar-refractivity contribution in [3.8, 4) is 0 Å². The summed E-state index contributed by atoms with van der Waals surface area (Å²) in [5, 5.41) is 2.66. The van der Waals surface area contributed by atoms with Crippen LogP contribution in [0.5, 0.6) is 0 Å². The quantitative estimate of drug-likeness (QED) is 0.763. The number of fused-ring (bicyclic) bond motifs is 1. The minimum Gasteiger partial charge on any atom is -0.374 e. The van der Waals surface area contributed by atoms with Crippen LogP contribution < -0.4 is 5.32 Å². The van der Waals surface area contributed by atoms with E-state index in [0.717, 1.165) is 23.9 Å². The van der Waals surface area contributed by atoms with E-state index in [9.17, 15) is 18.0 Å². The van der Waals surface area contributed by atoms with E-state index in [1.54, 1.807) is 6.92 Å². The van der Waals surface area contributed by atoms with E-state index in [4.69, 9.17) is 0 Å². The van der Waals surface area contributed by atoms with Crippen LogP contribution in [-0.4, -0.2) is 11.2 Å². The van der Waals surface area contributed by atoms with Crippen molar-refractivity contribution in [2.45, 2.75) is 24.0 Å². The summed E-state index contributed by atoms with van der Waals surface area (Å²) >= 11 is 0.971. The summed E-state index contributed by atoms with van der Waals surface area (Å²) in [6.07, 6.45) is -4.36. The fraction of sp³-hybridized carbons (Fsp3) is 0.300. The predicted octanol–water partition coefficient (Wildman–Crippen LogP) is 3.14. The predicted molar refractivity (Wildman–Crippen MR) is 55.4 cm³/mol. The summed E-state index contributed by atoms with van der Waals surface area (Å²) in [5.41, 5.74) is -0.340. The normalized spacial score (nSPS) is 20.2. The van der Waals surface area contributed by atoms with Gasteiger partial charge in [0.2, 0.25) is 5.12 Å². The number of nitrogens with one attached hydrogen (secondary N) is 1. The number of alkyl halides is 3. The molecule has 0 bridgehead atoms. The van der Waals surface area contributed by atoms with Crippen LogP contribution in [0.25, 0.3) is 0 Å². The van der Waals surface area contributed by atoms with Crippen molar-refractivity contribution in [3.05, 3.63) is 23.8 Å². The molecule has 0 amide bonds. The van der Waals surface area contributed by atoms with Gasteiger partial charge in [0.25, 0.3) is 0 Å². The molecule has 0 saturated heterocycles. The molecule has 0 aliphatic carbocycles. The highest BCUT2D eigenvalue weighted by Gasteiger charge is 2.32. The second-order valence-electron chi connectivity index (χ2n) is 3.50. The number of carbonyl (C=O) groups excluding carboxylic acids is 1. The second-order valence-corrected chi connectivity index (χ2v) is 4.54. The average Bonchev–Trinajstić information content (AvgIpc) is 2.17. The van der Waals surface area contributed by atoms with E-state index < -0.39 is 17.8 Å². The van der Waals surface area contributed by atoms with Crippen LogP contribution in [0.4, 0.5) is 18.9 Å². The topological polar surface area (TPSA) is 29.1 Å². The number of benzene rings is 1. The molecular weight excluding hydrogens is 239 g/mol. The zero-order valence-electron chi connectivity index (χ0n) is 8.26. The first-order valence-corrected chi connectivity index (χ1v) is 5.39. The van der Waals surface area contributed by atoms with Gasteiger partial charge in [-0.1, -0.05) is 0 Å². The standard InChI is InChI=1S/C10H8F3NOS/c1-5-9(15)16-8-3-2-6(10(11,12)13)4-7(8)14-5/h2-5,14H,1H3. The Morgan fingerprint density at radius 2 is 2.06 bits per heavy atom. The lowest BCUT2D eigenvalue weighted by molar-refractivity contribution is -0.137.